The standard InChI is InChI=1S/C23H28ClN5O6S/c1-22(2,21(32)27-35-3)36(33,34)23(8-9-23)14-28-10-11-29-17(20(28)31)13-25-18(29)19(30)26-12-15-4-6-16(24)7-5-15/h4-7,13H,8-12,14H2,1-3H3,(H,26,30)(H,27,32). The number of imidazole rings is 1. The van der Waals surface area contributed by atoms with E-state index in [1.54, 1.807) is 28.8 Å². The number of hydroxylamine groups is 1. The lowest BCUT2D eigenvalue weighted by atomic mass is 10.2. The van der Waals surface area contributed by atoms with Crippen molar-refractivity contribution in [2.75, 3.05) is 20.2 Å². The van der Waals surface area contributed by atoms with Crippen molar-refractivity contribution >= 4 is 39.2 Å². The van der Waals surface area contributed by atoms with Gasteiger partial charge in [0.2, 0.25) is 0 Å². The molecule has 1 aromatic carbocycles. The van der Waals surface area contributed by atoms with E-state index in [4.69, 9.17) is 11.6 Å². The van der Waals surface area contributed by atoms with Gasteiger partial charge in [-0.3, -0.25) is 19.2 Å². The minimum absolute atomic E-state index is 0.0405. The molecular weight excluding hydrogens is 510 g/mol. The number of rotatable bonds is 9. The molecule has 0 atom stereocenters. The van der Waals surface area contributed by atoms with Crippen LogP contribution >= 0.6 is 11.6 Å². The molecule has 4 rings (SSSR count). The van der Waals surface area contributed by atoms with E-state index in [0.29, 0.717) is 17.9 Å². The predicted molar refractivity (Wildman–Crippen MR) is 131 cm³/mol. The first-order valence-corrected chi connectivity index (χ1v) is 13.2. The highest BCUT2D eigenvalue weighted by Gasteiger charge is 2.63. The SMILES string of the molecule is CONC(=O)C(C)(C)S(=O)(=O)C1(CN2CCn3c(cnc3C(=O)NCc3ccc(Cl)cc3)C2=O)CC1. The van der Waals surface area contributed by atoms with Gasteiger partial charge in [0.05, 0.1) is 18.1 Å². The number of benzene rings is 1. The highest BCUT2D eigenvalue weighted by atomic mass is 35.5. The third-order valence-corrected chi connectivity index (χ3v) is 10.3. The molecule has 2 aliphatic rings. The summed E-state index contributed by atoms with van der Waals surface area (Å²) in [4.78, 5) is 48.5. The van der Waals surface area contributed by atoms with E-state index in [0.717, 1.165) is 5.56 Å². The molecule has 1 fully saturated rings. The van der Waals surface area contributed by atoms with Gasteiger partial charge in [-0.15, -0.1) is 0 Å². The Morgan fingerprint density at radius 1 is 1.19 bits per heavy atom. The molecule has 0 spiro atoms. The molecule has 2 heterocycles. The van der Waals surface area contributed by atoms with Gasteiger partial charge < -0.3 is 14.8 Å². The second-order valence-electron chi connectivity index (χ2n) is 9.49. The Hall–Kier alpha value is -2.96. The number of sulfone groups is 1. The predicted octanol–water partition coefficient (Wildman–Crippen LogP) is 1.33. The minimum atomic E-state index is -3.97. The van der Waals surface area contributed by atoms with Crippen LogP contribution in [0.5, 0.6) is 0 Å². The van der Waals surface area contributed by atoms with Gasteiger partial charge in [0, 0.05) is 31.2 Å². The van der Waals surface area contributed by atoms with Crippen LogP contribution in [-0.2, 0) is 32.6 Å². The van der Waals surface area contributed by atoms with Gasteiger partial charge in [-0.25, -0.2) is 18.9 Å². The highest BCUT2D eigenvalue weighted by Crippen LogP contribution is 2.49. The van der Waals surface area contributed by atoms with E-state index < -0.39 is 37.1 Å². The number of nitrogens with one attached hydrogen (secondary N) is 2. The lowest BCUT2D eigenvalue weighted by Gasteiger charge is -2.34. The quantitative estimate of drug-likeness (QED) is 0.460. The van der Waals surface area contributed by atoms with E-state index in [2.05, 4.69) is 20.6 Å². The molecule has 2 aromatic rings. The van der Waals surface area contributed by atoms with E-state index in [9.17, 15) is 22.8 Å². The molecule has 13 heteroatoms. The van der Waals surface area contributed by atoms with Gasteiger partial charge >= 0.3 is 0 Å². The molecule has 1 aliphatic carbocycles. The largest absolute Gasteiger partial charge is 0.345 e. The maximum atomic E-state index is 13.4. The fourth-order valence-corrected chi connectivity index (χ4v) is 6.79. The van der Waals surface area contributed by atoms with Crippen LogP contribution in [0.1, 0.15) is 53.4 Å². The fraction of sp³-hybridized carbons (Fsp3) is 0.478. The minimum Gasteiger partial charge on any atom is -0.345 e. The Morgan fingerprint density at radius 2 is 1.86 bits per heavy atom. The second kappa shape index (κ2) is 9.49. The number of hydrogen-bond donors (Lipinski definition) is 2. The number of carbonyl (C=O) groups is 3. The molecule has 2 N–H and O–H groups in total. The van der Waals surface area contributed by atoms with Crippen LogP contribution in [0, 0.1) is 0 Å². The smallest absolute Gasteiger partial charge is 0.287 e. The summed E-state index contributed by atoms with van der Waals surface area (Å²) in [6.45, 7) is 3.39. The van der Waals surface area contributed by atoms with Crippen LogP contribution in [0.25, 0.3) is 0 Å². The van der Waals surface area contributed by atoms with Gasteiger partial charge in [-0.2, -0.15) is 0 Å². The number of hydrogen-bond acceptors (Lipinski definition) is 7. The molecule has 0 bridgehead atoms. The lowest BCUT2D eigenvalue weighted by Crippen LogP contribution is -2.55. The Kier molecular flexibility index (Phi) is 6.88. The summed E-state index contributed by atoms with van der Waals surface area (Å²) >= 11 is 5.89. The zero-order valence-electron chi connectivity index (χ0n) is 20.2. The van der Waals surface area contributed by atoms with Crippen molar-refractivity contribution in [2.24, 2.45) is 0 Å². The number of fused-ring (bicyclic) bond motifs is 1. The van der Waals surface area contributed by atoms with E-state index >= 15 is 0 Å². The summed E-state index contributed by atoms with van der Waals surface area (Å²) in [7, 11) is -2.74. The Balaban J connectivity index is 1.46. The van der Waals surface area contributed by atoms with E-state index in [-0.39, 0.29) is 37.7 Å². The number of carbonyl (C=O) groups excluding carboxylic acids is 3. The van der Waals surface area contributed by atoms with Gasteiger partial charge in [0.15, 0.2) is 15.7 Å². The van der Waals surface area contributed by atoms with Crippen LogP contribution in [0.2, 0.25) is 5.02 Å². The molecule has 1 saturated carbocycles. The van der Waals surface area contributed by atoms with Crippen LogP contribution in [0.15, 0.2) is 30.5 Å². The first kappa shape index (κ1) is 26.1. The molecule has 1 aliphatic heterocycles. The molecule has 3 amide bonds. The van der Waals surface area contributed by atoms with E-state index in [1.165, 1.54) is 32.1 Å². The van der Waals surface area contributed by atoms with Crippen LogP contribution in [-0.4, -0.2) is 70.3 Å². The maximum Gasteiger partial charge on any atom is 0.287 e. The third-order valence-electron chi connectivity index (χ3n) is 6.80. The number of amides is 3. The first-order valence-electron chi connectivity index (χ1n) is 11.4. The number of aromatic nitrogens is 2. The maximum absolute atomic E-state index is 13.4. The van der Waals surface area contributed by atoms with Crippen molar-refractivity contribution in [3.05, 3.63) is 52.6 Å². The highest BCUT2D eigenvalue weighted by molar-refractivity contribution is 7.95. The molecule has 0 saturated heterocycles. The van der Waals surface area contributed by atoms with Crippen molar-refractivity contribution in [2.45, 2.75) is 49.3 Å². The van der Waals surface area contributed by atoms with Crippen molar-refractivity contribution < 1.29 is 27.6 Å². The zero-order valence-corrected chi connectivity index (χ0v) is 21.8. The molecule has 11 nitrogen and oxygen atoms in total. The van der Waals surface area contributed by atoms with Crippen molar-refractivity contribution in [1.82, 2.24) is 25.2 Å². The first-order chi connectivity index (χ1) is 16.9. The topological polar surface area (TPSA) is 140 Å². The summed E-state index contributed by atoms with van der Waals surface area (Å²) in [5.74, 6) is -1.50. The average Bonchev–Trinajstić information content (AvgIpc) is 3.50. The Bertz CT molecular complexity index is 1300. The second-order valence-corrected chi connectivity index (χ2v) is 12.8. The number of nitrogens with zero attached hydrogens (tertiary/aromatic N) is 3. The average molecular weight is 538 g/mol. The van der Waals surface area contributed by atoms with Gasteiger partial charge in [0.1, 0.15) is 10.4 Å². The molecule has 0 unspecified atom stereocenters. The normalized spacial score (nSPS) is 16.9. The van der Waals surface area contributed by atoms with E-state index in [1.807, 2.05) is 0 Å². The summed E-state index contributed by atoms with van der Waals surface area (Å²) in [5, 5.41) is 3.38. The molecule has 1 aromatic heterocycles. The monoisotopic (exact) mass is 537 g/mol. The molecule has 36 heavy (non-hydrogen) atoms. The fourth-order valence-electron chi connectivity index (χ4n) is 4.33. The van der Waals surface area contributed by atoms with Crippen LogP contribution < -0.4 is 10.8 Å². The van der Waals surface area contributed by atoms with Crippen molar-refractivity contribution in [1.29, 1.82) is 0 Å². The van der Waals surface area contributed by atoms with Gasteiger partial charge in [0.25, 0.3) is 17.7 Å². The molecule has 0 radical (unpaired) electrons. The molecular formula is C23H28ClN5O6S. The third kappa shape index (κ3) is 4.48. The van der Waals surface area contributed by atoms with Crippen LogP contribution in [0.4, 0.5) is 0 Å². The zero-order chi connectivity index (χ0) is 26.3. The molecule has 194 valence electrons. The summed E-state index contributed by atoms with van der Waals surface area (Å²) in [5.41, 5.74) is 3.17. The van der Waals surface area contributed by atoms with Crippen molar-refractivity contribution in [3.8, 4) is 0 Å². The Labute approximate surface area is 214 Å². The summed E-state index contributed by atoms with van der Waals surface area (Å²) < 4.78 is 25.5. The lowest BCUT2D eigenvalue weighted by molar-refractivity contribution is -0.133. The summed E-state index contributed by atoms with van der Waals surface area (Å²) in [6, 6.07) is 7.05. The number of halogens is 1. The van der Waals surface area contributed by atoms with Crippen LogP contribution in [0.3, 0.4) is 0 Å². The van der Waals surface area contributed by atoms with Gasteiger partial charge in [-0.1, -0.05) is 23.7 Å². The Morgan fingerprint density at radius 3 is 2.47 bits per heavy atom. The summed E-state index contributed by atoms with van der Waals surface area (Å²) in [6.07, 6.45) is 2.02. The van der Waals surface area contributed by atoms with Gasteiger partial charge in [-0.05, 0) is 44.4 Å². The van der Waals surface area contributed by atoms with Crippen molar-refractivity contribution in [3.63, 3.8) is 0 Å².